The van der Waals surface area contributed by atoms with Gasteiger partial charge < -0.3 is 15.0 Å². The Bertz CT molecular complexity index is 929. The molecule has 3 nitrogen and oxygen atoms in total. The molecule has 24 heavy (non-hydrogen) atoms. The van der Waals surface area contributed by atoms with Gasteiger partial charge in [-0.1, -0.05) is 29.3 Å². The molecular weight excluding hydrogens is 320 g/mol. The van der Waals surface area contributed by atoms with Crippen LogP contribution in [0.4, 0.5) is 0 Å². The second-order valence-corrected chi connectivity index (χ2v) is 6.95. The molecule has 0 amide bonds. The van der Waals surface area contributed by atoms with Crippen molar-refractivity contribution in [2.24, 2.45) is 0 Å². The molecule has 0 fully saturated rings. The molecule has 3 aromatic rings. The van der Waals surface area contributed by atoms with Crippen LogP contribution in [0.2, 0.25) is 5.02 Å². The summed E-state index contributed by atoms with van der Waals surface area (Å²) in [5.41, 5.74) is 7.56. The molecule has 2 aromatic carbocycles. The average molecular weight is 341 g/mol. The highest BCUT2D eigenvalue weighted by atomic mass is 35.5. The minimum absolute atomic E-state index is 0.0827. The van der Waals surface area contributed by atoms with Gasteiger partial charge in [0, 0.05) is 28.2 Å². The van der Waals surface area contributed by atoms with E-state index in [-0.39, 0.29) is 6.04 Å². The van der Waals surface area contributed by atoms with Crippen LogP contribution in [0.1, 0.15) is 34.0 Å². The van der Waals surface area contributed by atoms with Crippen molar-refractivity contribution in [3.8, 4) is 5.75 Å². The number of hydrogen-bond acceptors (Lipinski definition) is 2. The third-order valence-corrected chi connectivity index (χ3v) is 5.25. The lowest BCUT2D eigenvalue weighted by Crippen LogP contribution is -2.30. The quantitative estimate of drug-likeness (QED) is 0.710. The lowest BCUT2D eigenvalue weighted by atomic mass is 9.93. The van der Waals surface area contributed by atoms with E-state index in [9.17, 15) is 0 Å². The molecule has 0 radical (unpaired) electrons. The fourth-order valence-electron chi connectivity index (χ4n) is 3.82. The molecule has 0 bridgehead atoms. The van der Waals surface area contributed by atoms with E-state index in [1.807, 2.05) is 12.1 Å². The summed E-state index contributed by atoms with van der Waals surface area (Å²) in [6, 6.07) is 10.5. The molecule has 2 heterocycles. The summed E-state index contributed by atoms with van der Waals surface area (Å²) >= 11 is 6.53. The van der Waals surface area contributed by atoms with Crippen LogP contribution in [0, 0.1) is 13.8 Å². The maximum absolute atomic E-state index is 6.53. The standard InChI is InChI=1S/C20H21ClN2O/c1-11-8-12(2)18-16(9-11)14-6-7-22-19(20(14)23-18)15-5-4-13(24-3)10-17(15)21/h4-5,8-10,19,22-23H,6-7H2,1-3H3. The normalized spacial score (nSPS) is 17.1. The first-order valence-electron chi connectivity index (χ1n) is 8.27. The number of nitrogens with one attached hydrogen (secondary N) is 2. The van der Waals surface area contributed by atoms with E-state index in [1.165, 1.54) is 33.3 Å². The Hall–Kier alpha value is -1.97. The number of halogens is 1. The monoisotopic (exact) mass is 340 g/mol. The number of H-pyrrole nitrogens is 1. The van der Waals surface area contributed by atoms with Crippen LogP contribution in [0.3, 0.4) is 0 Å². The maximum Gasteiger partial charge on any atom is 0.120 e. The molecule has 1 unspecified atom stereocenters. The van der Waals surface area contributed by atoms with Crippen molar-refractivity contribution >= 4 is 22.5 Å². The number of aromatic nitrogens is 1. The molecule has 124 valence electrons. The van der Waals surface area contributed by atoms with Gasteiger partial charge in [-0.3, -0.25) is 0 Å². The summed E-state index contributed by atoms with van der Waals surface area (Å²) in [5, 5.41) is 5.68. The van der Waals surface area contributed by atoms with Gasteiger partial charge in [-0.25, -0.2) is 0 Å². The van der Waals surface area contributed by atoms with E-state index >= 15 is 0 Å². The predicted molar refractivity (Wildman–Crippen MR) is 99.3 cm³/mol. The zero-order valence-corrected chi connectivity index (χ0v) is 14.9. The minimum Gasteiger partial charge on any atom is -0.497 e. The van der Waals surface area contributed by atoms with Crippen LogP contribution >= 0.6 is 11.6 Å². The highest BCUT2D eigenvalue weighted by molar-refractivity contribution is 6.31. The van der Waals surface area contributed by atoms with Crippen molar-refractivity contribution in [2.75, 3.05) is 13.7 Å². The smallest absolute Gasteiger partial charge is 0.120 e. The molecule has 1 aromatic heterocycles. The predicted octanol–water partition coefficient (Wildman–Crippen LogP) is 4.68. The van der Waals surface area contributed by atoms with Crippen molar-refractivity contribution in [3.05, 3.63) is 63.3 Å². The first-order chi connectivity index (χ1) is 11.6. The van der Waals surface area contributed by atoms with Crippen molar-refractivity contribution in [1.29, 1.82) is 0 Å². The molecular formula is C20H21ClN2O. The Labute approximate surface area is 147 Å². The van der Waals surface area contributed by atoms with Crippen LogP contribution in [0.5, 0.6) is 5.75 Å². The minimum atomic E-state index is 0.0827. The molecule has 4 rings (SSSR count). The molecule has 2 N–H and O–H groups in total. The highest BCUT2D eigenvalue weighted by Gasteiger charge is 2.27. The third kappa shape index (κ3) is 2.40. The first-order valence-corrected chi connectivity index (χ1v) is 8.65. The second kappa shape index (κ2) is 5.83. The van der Waals surface area contributed by atoms with Crippen LogP contribution < -0.4 is 10.1 Å². The van der Waals surface area contributed by atoms with E-state index in [2.05, 4.69) is 42.3 Å². The first kappa shape index (κ1) is 15.6. The van der Waals surface area contributed by atoms with E-state index < -0.39 is 0 Å². The summed E-state index contributed by atoms with van der Waals surface area (Å²) < 4.78 is 5.27. The largest absolute Gasteiger partial charge is 0.497 e. The molecule has 1 atom stereocenters. The van der Waals surface area contributed by atoms with Crippen LogP contribution in [-0.2, 0) is 6.42 Å². The molecule has 1 aliphatic rings. The summed E-state index contributed by atoms with van der Waals surface area (Å²) in [5.74, 6) is 0.780. The van der Waals surface area contributed by atoms with Gasteiger partial charge in [0.2, 0.25) is 0 Å². The Morgan fingerprint density at radius 3 is 2.75 bits per heavy atom. The summed E-state index contributed by atoms with van der Waals surface area (Å²) in [6.07, 6.45) is 1.03. The molecule has 0 spiro atoms. The second-order valence-electron chi connectivity index (χ2n) is 6.55. The fraction of sp³-hybridized carbons (Fsp3) is 0.300. The van der Waals surface area contributed by atoms with Gasteiger partial charge >= 0.3 is 0 Å². The lowest BCUT2D eigenvalue weighted by molar-refractivity contribution is 0.414. The molecule has 0 aliphatic carbocycles. The van der Waals surface area contributed by atoms with Gasteiger partial charge in [0.25, 0.3) is 0 Å². The van der Waals surface area contributed by atoms with E-state index in [4.69, 9.17) is 16.3 Å². The number of ether oxygens (including phenoxy) is 1. The average Bonchev–Trinajstić information content (AvgIpc) is 2.94. The highest BCUT2D eigenvalue weighted by Crippen LogP contribution is 2.38. The SMILES string of the molecule is COc1ccc(C2NCCc3c2[nH]c2c(C)cc(C)cc32)c(Cl)c1. The van der Waals surface area contributed by atoms with Gasteiger partial charge in [-0.15, -0.1) is 0 Å². The molecule has 1 aliphatic heterocycles. The van der Waals surface area contributed by atoms with Gasteiger partial charge in [0.05, 0.1) is 13.2 Å². The Morgan fingerprint density at radius 1 is 1.17 bits per heavy atom. The van der Waals surface area contributed by atoms with Crippen molar-refractivity contribution in [1.82, 2.24) is 10.3 Å². The molecule has 0 saturated heterocycles. The number of aryl methyl sites for hydroxylation is 2. The van der Waals surface area contributed by atoms with E-state index in [1.54, 1.807) is 7.11 Å². The van der Waals surface area contributed by atoms with E-state index in [0.29, 0.717) is 0 Å². The molecule has 0 saturated carbocycles. The summed E-state index contributed by atoms with van der Waals surface area (Å²) in [4.78, 5) is 3.66. The maximum atomic E-state index is 6.53. The lowest BCUT2D eigenvalue weighted by Gasteiger charge is -2.25. The number of methoxy groups -OCH3 is 1. The van der Waals surface area contributed by atoms with Gasteiger partial charge in [0.1, 0.15) is 5.75 Å². The van der Waals surface area contributed by atoms with Gasteiger partial charge in [0.15, 0.2) is 0 Å². The number of benzene rings is 2. The van der Waals surface area contributed by atoms with E-state index in [0.717, 1.165) is 29.3 Å². The van der Waals surface area contributed by atoms with Crippen LogP contribution in [0.15, 0.2) is 30.3 Å². The van der Waals surface area contributed by atoms with Gasteiger partial charge in [-0.05, 0) is 55.2 Å². The number of aromatic amines is 1. The molecule has 4 heteroatoms. The number of fused-ring (bicyclic) bond motifs is 3. The Kier molecular flexibility index (Phi) is 3.78. The summed E-state index contributed by atoms with van der Waals surface area (Å²) in [7, 11) is 1.66. The number of hydrogen-bond donors (Lipinski definition) is 2. The topological polar surface area (TPSA) is 37.0 Å². The zero-order chi connectivity index (χ0) is 16.8. The van der Waals surface area contributed by atoms with Crippen molar-refractivity contribution in [3.63, 3.8) is 0 Å². The van der Waals surface area contributed by atoms with Gasteiger partial charge in [-0.2, -0.15) is 0 Å². The van der Waals surface area contributed by atoms with Crippen molar-refractivity contribution < 1.29 is 4.74 Å². The van der Waals surface area contributed by atoms with Crippen LogP contribution in [-0.4, -0.2) is 18.6 Å². The zero-order valence-electron chi connectivity index (χ0n) is 14.2. The Balaban J connectivity index is 1.89. The summed E-state index contributed by atoms with van der Waals surface area (Å²) in [6.45, 7) is 5.27. The number of rotatable bonds is 2. The third-order valence-electron chi connectivity index (χ3n) is 4.92. The fourth-order valence-corrected chi connectivity index (χ4v) is 4.10. The van der Waals surface area contributed by atoms with Crippen LogP contribution in [0.25, 0.3) is 10.9 Å². The Morgan fingerprint density at radius 2 is 2.00 bits per heavy atom. The van der Waals surface area contributed by atoms with Crippen molar-refractivity contribution in [2.45, 2.75) is 26.3 Å².